The lowest BCUT2D eigenvalue weighted by Crippen LogP contribution is -2.25. The van der Waals surface area contributed by atoms with Crippen molar-refractivity contribution in [1.82, 2.24) is 0 Å². The van der Waals surface area contributed by atoms with Crippen molar-refractivity contribution in [2.24, 2.45) is 0 Å². The van der Waals surface area contributed by atoms with Crippen LogP contribution in [0.5, 0.6) is 5.75 Å². The number of benzene rings is 1. The van der Waals surface area contributed by atoms with Crippen LogP contribution in [-0.4, -0.2) is 12.5 Å². The van der Waals surface area contributed by atoms with Gasteiger partial charge in [0.05, 0.1) is 11.7 Å². The van der Waals surface area contributed by atoms with Gasteiger partial charge in [-0.05, 0) is 52.5 Å². The summed E-state index contributed by atoms with van der Waals surface area (Å²) in [7, 11) is 0. The molecule has 6 heteroatoms. The molecule has 1 unspecified atom stereocenters. The van der Waals surface area contributed by atoms with Gasteiger partial charge in [0.2, 0.25) is 0 Å². The molecule has 1 amide bonds. The Labute approximate surface area is 129 Å². The second-order valence-corrected chi connectivity index (χ2v) is 6.35. The molecule has 104 valence electrons. The molecule has 2 N–H and O–H groups in total. The van der Waals surface area contributed by atoms with Crippen molar-refractivity contribution < 1.29 is 9.53 Å². The van der Waals surface area contributed by atoms with E-state index in [1.807, 2.05) is 24.3 Å². The molecule has 20 heavy (non-hydrogen) atoms. The van der Waals surface area contributed by atoms with Gasteiger partial charge < -0.3 is 15.4 Å². The van der Waals surface area contributed by atoms with Crippen LogP contribution in [0.4, 0.5) is 11.4 Å². The van der Waals surface area contributed by atoms with Crippen LogP contribution < -0.4 is 15.4 Å². The highest BCUT2D eigenvalue weighted by molar-refractivity contribution is 9.10. The molecule has 1 atom stereocenters. The first kappa shape index (κ1) is 13.5. The Hall–Kier alpha value is -1.53. The van der Waals surface area contributed by atoms with Gasteiger partial charge in [0.1, 0.15) is 5.75 Å². The molecule has 4 nitrogen and oxygen atoms in total. The predicted octanol–water partition coefficient (Wildman–Crippen LogP) is 4.01. The molecule has 0 bridgehead atoms. The lowest BCUT2D eigenvalue weighted by molar-refractivity contribution is -0.118. The third-order valence-electron chi connectivity index (χ3n) is 3.03. The van der Waals surface area contributed by atoms with E-state index in [4.69, 9.17) is 4.74 Å². The first-order chi connectivity index (χ1) is 9.63. The molecule has 1 aliphatic heterocycles. The van der Waals surface area contributed by atoms with Gasteiger partial charge in [0.25, 0.3) is 5.91 Å². The molecule has 1 aliphatic rings. The highest BCUT2D eigenvalue weighted by atomic mass is 79.9. The second-order valence-electron chi connectivity index (χ2n) is 4.55. The average Bonchev–Trinajstić information content (AvgIpc) is 2.84. The third kappa shape index (κ3) is 2.66. The van der Waals surface area contributed by atoms with Gasteiger partial charge >= 0.3 is 0 Å². The Morgan fingerprint density at radius 3 is 3.05 bits per heavy atom. The van der Waals surface area contributed by atoms with Crippen LogP contribution in [0.15, 0.2) is 34.1 Å². The van der Waals surface area contributed by atoms with E-state index in [2.05, 4.69) is 38.9 Å². The van der Waals surface area contributed by atoms with Crippen molar-refractivity contribution in [1.29, 1.82) is 0 Å². The van der Waals surface area contributed by atoms with Gasteiger partial charge in [-0.2, -0.15) is 0 Å². The van der Waals surface area contributed by atoms with Crippen LogP contribution in [0, 0.1) is 0 Å². The predicted molar refractivity (Wildman–Crippen MR) is 84.6 cm³/mol. The SMILES string of the molecule is CC(Nc1ccc2c(c1)NC(=O)CO2)c1sccc1Br. The number of hydrogen-bond acceptors (Lipinski definition) is 4. The minimum absolute atomic E-state index is 0.0817. The summed E-state index contributed by atoms with van der Waals surface area (Å²) in [4.78, 5) is 12.6. The highest BCUT2D eigenvalue weighted by Gasteiger charge is 2.17. The molecule has 0 saturated carbocycles. The topological polar surface area (TPSA) is 50.4 Å². The summed E-state index contributed by atoms with van der Waals surface area (Å²) in [6, 6.07) is 7.94. The van der Waals surface area contributed by atoms with Gasteiger partial charge in [0.15, 0.2) is 6.61 Å². The van der Waals surface area contributed by atoms with Crippen molar-refractivity contribution in [2.75, 3.05) is 17.2 Å². The van der Waals surface area contributed by atoms with E-state index in [0.29, 0.717) is 11.4 Å². The summed E-state index contributed by atoms with van der Waals surface area (Å²) in [6.07, 6.45) is 0. The minimum atomic E-state index is -0.122. The van der Waals surface area contributed by atoms with Gasteiger partial charge in [-0.25, -0.2) is 0 Å². The number of halogens is 1. The smallest absolute Gasteiger partial charge is 0.262 e. The molecule has 3 rings (SSSR count). The number of carbonyl (C=O) groups excluding carboxylic acids is 1. The molecular formula is C14H13BrN2O2S. The Bertz CT molecular complexity index is 656. The Kier molecular flexibility index (Phi) is 3.67. The quantitative estimate of drug-likeness (QED) is 0.877. The van der Waals surface area contributed by atoms with E-state index >= 15 is 0 Å². The van der Waals surface area contributed by atoms with Gasteiger partial charge in [-0.1, -0.05) is 0 Å². The molecule has 2 aromatic rings. The minimum Gasteiger partial charge on any atom is -0.482 e. The summed E-state index contributed by atoms with van der Waals surface area (Å²) >= 11 is 5.24. The zero-order valence-corrected chi connectivity index (χ0v) is 13.2. The first-order valence-corrected chi connectivity index (χ1v) is 7.87. The Morgan fingerprint density at radius 2 is 2.30 bits per heavy atom. The number of ether oxygens (including phenoxy) is 1. The third-order valence-corrected chi connectivity index (χ3v) is 5.09. The van der Waals surface area contributed by atoms with E-state index in [1.165, 1.54) is 4.88 Å². The molecule has 2 heterocycles. The van der Waals surface area contributed by atoms with Crippen LogP contribution in [0.2, 0.25) is 0 Å². The van der Waals surface area contributed by atoms with Gasteiger partial charge in [-0.3, -0.25) is 4.79 Å². The largest absolute Gasteiger partial charge is 0.482 e. The number of hydrogen-bond donors (Lipinski definition) is 2. The van der Waals surface area contributed by atoms with Gasteiger partial charge in [0, 0.05) is 15.0 Å². The number of anilines is 2. The van der Waals surface area contributed by atoms with E-state index in [1.54, 1.807) is 11.3 Å². The Balaban J connectivity index is 1.80. The maximum Gasteiger partial charge on any atom is 0.262 e. The monoisotopic (exact) mass is 352 g/mol. The summed E-state index contributed by atoms with van der Waals surface area (Å²) in [5, 5.41) is 8.29. The van der Waals surface area contributed by atoms with Crippen molar-refractivity contribution in [3.8, 4) is 5.75 Å². The fourth-order valence-corrected chi connectivity index (χ4v) is 3.83. The summed E-state index contributed by atoms with van der Waals surface area (Å²) in [5.41, 5.74) is 1.66. The number of fused-ring (bicyclic) bond motifs is 1. The lowest BCUT2D eigenvalue weighted by atomic mass is 10.2. The first-order valence-electron chi connectivity index (χ1n) is 6.19. The van der Waals surface area contributed by atoms with E-state index in [-0.39, 0.29) is 18.6 Å². The molecule has 1 aromatic carbocycles. The van der Waals surface area contributed by atoms with E-state index in [0.717, 1.165) is 10.2 Å². The zero-order valence-electron chi connectivity index (χ0n) is 10.8. The van der Waals surface area contributed by atoms with Crippen molar-refractivity contribution in [3.63, 3.8) is 0 Å². The second kappa shape index (κ2) is 5.46. The summed E-state index contributed by atoms with van der Waals surface area (Å²) in [5.74, 6) is 0.587. The number of carbonyl (C=O) groups is 1. The van der Waals surface area contributed by atoms with Crippen LogP contribution in [-0.2, 0) is 4.79 Å². The fraction of sp³-hybridized carbons (Fsp3) is 0.214. The molecule has 0 radical (unpaired) electrons. The van der Waals surface area contributed by atoms with Crippen LogP contribution in [0.3, 0.4) is 0 Å². The van der Waals surface area contributed by atoms with Crippen LogP contribution >= 0.6 is 27.3 Å². The fourth-order valence-electron chi connectivity index (χ4n) is 2.10. The molecule has 0 aliphatic carbocycles. The molecule has 0 saturated heterocycles. The van der Waals surface area contributed by atoms with Crippen molar-refractivity contribution >= 4 is 44.5 Å². The lowest BCUT2D eigenvalue weighted by Gasteiger charge is -2.20. The molecule has 0 spiro atoms. The maximum absolute atomic E-state index is 11.3. The van der Waals surface area contributed by atoms with Crippen molar-refractivity contribution in [2.45, 2.75) is 13.0 Å². The van der Waals surface area contributed by atoms with Crippen LogP contribution in [0.25, 0.3) is 0 Å². The molecule has 0 fully saturated rings. The van der Waals surface area contributed by atoms with Gasteiger partial charge in [-0.15, -0.1) is 11.3 Å². The zero-order chi connectivity index (χ0) is 14.1. The van der Waals surface area contributed by atoms with E-state index in [9.17, 15) is 4.79 Å². The average molecular weight is 353 g/mol. The highest BCUT2D eigenvalue weighted by Crippen LogP contribution is 2.34. The number of nitrogens with one attached hydrogen (secondary N) is 2. The van der Waals surface area contributed by atoms with E-state index < -0.39 is 0 Å². The molecule has 1 aromatic heterocycles. The molecular weight excluding hydrogens is 340 g/mol. The Morgan fingerprint density at radius 1 is 1.45 bits per heavy atom. The maximum atomic E-state index is 11.3. The standard InChI is InChI=1S/C14H13BrN2O2S/c1-8(14-10(15)4-5-20-14)16-9-2-3-12-11(6-9)17-13(18)7-19-12/h2-6,8,16H,7H2,1H3,(H,17,18). The summed E-state index contributed by atoms with van der Waals surface area (Å²) in [6.45, 7) is 2.18. The number of amides is 1. The normalized spacial score (nSPS) is 15.0. The number of rotatable bonds is 3. The van der Waals surface area contributed by atoms with Crippen LogP contribution in [0.1, 0.15) is 17.8 Å². The summed E-state index contributed by atoms with van der Waals surface area (Å²) < 4.78 is 6.45. The van der Waals surface area contributed by atoms with Crippen molar-refractivity contribution in [3.05, 3.63) is 39.0 Å². The number of thiophene rings is 1.